The maximum Gasteiger partial charge on any atom is 0.322 e. The third-order valence-electron chi connectivity index (χ3n) is 6.00. The number of fused-ring (bicyclic) bond motifs is 3. The molecule has 0 spiro atoms. The lowest BCUT2D eigenvalue weighted by Crippen LogP contribution is -2.37. The molecule has 1 atom stereocenters. The lowest BCUT2D eigenvalue weighted by Gasteiger charge is -2.31. The molecule has 0 radical (unpaired) electrons. The van der Waals surface area contributed by atoms with Crippen LogP contribution in [-0.4, -0.2) is 15.5 Å². The summed E-state index contributed by atoms with van der Waals surface area (Å²) in [6, 6.07) is 27.8. The van der Waals surface area contributed by atoms with Crippen molar-refractivity contribution in [3.05, 3.63) is 119 Å². The number of para-hydroxylation sites is 1. The van der Waals surface area contributed by atoms with Crippen molar-refractivity contribution >= 4 is 23.3 Å². The Bertz CT molecular complexity index is 1260. The summed E-state index contributed by atoms with van der Waals surface area (Å²) in [5, 5.41) is 3.64. The summed E-state index contributed by atoms with van der Waals surface area (Å²) in [6.45, 7) is 2.64. The van der Waals surface area contributed by atoms with E-state index in [0.29, 0.717) is 17.3 Å². The Morgan fingerprint density at radius 3 is 2.59 bits per heavy atom. The number of amides is 2. The van der Waals surface area contributed by atoms with Gasteiger partial charge in [-0.2, -0.15) is 0 Å². The predicted molar refractivity (Wildman–Crippen MR) is 129 cm³/mol. The summed E-state index contributed by atoms with van der Waals surface area (Å²) in [5.74, 6) is 0. The third kappa shape index (κ3) is 3.78. The number of hydrogen-bond acceptors (Lipinski definition) is 1. The Labute approximate surface area is 193 Å². The van der Waals surface area contributed by atoms with Crippen LogP contribution in [-0.2, 0) is 13.0 Å². The van der Waals surface area contributed by atoms with Gasteiger partial charge in [-0.05, 0) is 59.5 Å². The van der Waals surface area contributed by atoms with Crippen LogP contribution >= 0.6 is 11.6 Å². The lowest BCUT2D eigenvalue weighted by atomic mass is 10.00. The fourth-order valence-electron chi connectivity index (χ4n) is 4.39. The fourth-order valence-corrected chi connectivity index (χ4v) is 4.58. The van der Waals surface area contributed by atoms with Crippen molar-refractivity contribution in [2.45, 2.75) is 25.9 Å². The van der Waals surface area contributed by atoms with Gasteiger partial charge >= 0.3 is 6.03 Å². The molecular weight excluding hydrogens is 418 g/mol. The van der Waals surface area contributed by atoms with Gasteiger partial charge < -0.3 is 14.8 Å². The number of carbonyl (C=O) groups excluding carboxylic acids is 1. The summed E-state index contributed by atoms with van der Waals surface area (Å²) in [5.41, 5.74) is 6.28. The molecule has 2 heterocycles. The van der Waals surface area contributed by atoms with Gasteiger partial charge in [-0.25, -0.2) is 4.79 Å². The normalized spacial score (nSPS) is 14.9. The van der Waals surface area contributed by atoms with E-state index in [-0.39, 0.29) is 12.1 Å². The monoisotopic (exact) mass is 441 g/mol. The fraction of sp³-hybridized carbons (Fsp3) is 0.148. The third-order valence-corrected chi connectivity index (χ3v) is 6.24. The molecule has 2 amide bonds. The van der Waals surface area contributed by atoms with E-state index in [1.54, 1.807) is 12.1 Å². The number of carbonyl (C=O) groups is 1. The van der Waals surface area contributed by atoms with Crippen LogP contribution < -0.4 is 5.32 Å². The first-order chi connectivity index (χ1) is 15.6. The zero-order valence-corrected chi connectivity index (χ0v) is 18.6. The molecule has 4 nitrogen and oxygen atoms in total. The number of rotatable bonds is 3. The molecule has 5 rings (SSSR count). The number of aryl methyl sites for hydroxylation is 1. The average Bonchev–Trinajstić information content (AvgIpc) is 3.23. The van der Waals surface area contributed by atoms with Gasteiger partial charge in [0.2, 0.25) is 0 Å². The van der Waals surface area contributed by atoms with Gasteiger partial charge in [0.05, 0.1) is 18.3 Å². The number of benzene rings is 3. The van der Waals surface area contributed by atoms with E-state index < -0.39 is 0 Å². The zero-order chi connectivity index (χ0) is 22.1. The summed E-state index contributed by atoms with van der Waals surface area (Å²) in [6.07, 6.45) is 3.05. The molecule has 0 saturated heterocycles. The van der Waals surface area contributed by atoms with E-state index in [9.17, 15) is 4.79 Å². The quantitative estimate of drug-likeness (QED) is 0.371. The molecule has 4 aromatic rings. The summed E-state index contributed by atoms with van der Waals surface area (Å²) in [7, 11) is 0. The first-order valence-corrected chi connectivity index (χ1v) is 11.2. The zero-order valence-electron chi connectivity index (χ0n) is 17.8. The van der Waals surface area contributed by atoms with Crippen LogP contribution in [0.5, 0.6) is 0 Å². The molecule has 0 saturated carbocycles. The Balaban J connectivity index is 1.62. The number of urea groups is 1. The van der Waals surface area contributed by atoms with Crippen LogP contribution in [0.15, 0.2) is 91.1 Å². The minimum atomic E-state index is -0.234. The number of anilines is 1. The van der Waals surface area contributed by atoms with Gasteiger partial charge in [0, 0.05) is 22.6 Å². The van der Waals surface area contributed by atoms with E-state index in [0.717, 1.165) is 28.9 Å². The van der Waals surface area contributed by atoms with Gasteiger partial charge in [-0.3, -0.25) is 0 Å². The molecular formula is C27H24ClN3O. The molecule has 1 aliphatic rings. The molecule has 0 fully saturated rings. The van der Waals surface area contributed by atoms with Crippen LogP contribution in [0.25, 0.3) is 5.69 Å². The maximum atomic E-state index is 13.6. The van der Waals surface area contributed by atoms with Gasteiger partial charge in [0.25, 0.3) is 0 Å². The van der Waals surface area contributed by atoms with E-state index >= 15 is 0 Å². The van der Waals surface area contributed by atoms with Gasteiger partial charge in [-0.1, -0.05) is 67.1 Å². The highest BCUT2D eigenvalue weighted by Gasteiger charge is 2.33. The number of aromatic nitrogens is 1. The SMILES string of the molecule is CCc1ccc([C@@H]2c3cccn3-c3ccccc3CN2C(=O)Nc2cccc(Cl)c2)cc1. The first kappa shape index (κ1) is 20.4. The van der Waals surface area contributed by atoms with Crippen molar-refractivity contribution in [2.24, 2.45) is 0 Å². The molecule has 3 aromatic carbocycles. The van der Waals surface area contributed by atoms with Crippen molar-refractivity contribution in [3.63, 3.8) is 0 Å². The number of hydrogen-bond donors (Lipinski definition) is 1. The summed E-state index contributed by atoms with van der Waals surface area (Å²) in [4.78, 5) is 15.5. The van der Waals surface area contributed by atoms with Gasteiger partial charge in [-0.15, -0.1) is 0 Å². The topological polar surface area (TPSA) is 37.3 Å². The average molecular weight is 442 g/mol. The van der Waals surface area contributed by atoms with Crippen LogP contribution in [0.1, 0.15) is 35.3 Å². The minimum absolute atomic E-state index is 0.165. The second-order valence-corrected chi connectivity index (χ2v) is 8.43. The van der Waals surface area contributed by atoms with Crippen molar-refractivity contribution < 1.29 is 4.79 Å². The summed E-state index contributed by atoms with van der Waals surface area (Å²) < 4.78 is 2.19. The molecule has 0 bridgehead atoms. The number of nitrogens with one attached hydrogen (secondary N) is 1. The van der Waals surface area contributed by atoms with Crippen LogP contribution in [0.2, 0.25) is 5.02 Å². The summed E-state index contributed by atoms with van der Waals surface area (Å²) >= 11 is 6.14. The Morgan fingerprint density at radius 2 is 1.81 bits per heavy atom. The van der Waals surface area contributed by atoms with Crippen molar-refractivity contribution in [1.29, 1.82) is 0 Å². The minimum Gasteiger partial charge on any atom is -0.318 e. The highest BCUT2D eigenvalue weighted by atomic mass is 35.5. The molecule has 0 unspecified atom stereocenters. The van der Waals surface area contributed by atoms with Crippen molar-refractivity contribution in [1.82, 2.24) is 9.47 Å². The number of halogens is 1. The molecule has 1 aliphatic heterocycles. The van der Waals surface area contributed by atoms with Crippen LogP contribution in [0.4, 0.5) is 10.5 Å². The van der Waals surface area contributed by atoms with Crippen molar-refractivity contribution in [3.8, 4) is 5.69 Å². The Morgan fingerprint density at radius 1 is 1.00 bits per heavy atom. The molecule has 1 N–H and O–H groups in total. The largest absolute Gasteiger partial charge is 0.322 e. The molecule has 32 heavy (non-hydrogen) atoms. The standard InChI is InChI=1S/C27H24ClN3O/c1-2-19-12-14-20(15-13-19)26-25-11-6-16-30(25)24-10-4-3-7-21(24)18-31(26)27(32)29-23-9-5-8-22(28)17-23/h3-17,26H,2,18H2,1H3,(H,29,32)/t26-/m1/s1. The second-order valence-electron chi connectivity index (χ2n) is 8.00. The molecule has 1 aromatic heterocycles. The maximum absolute atomic E-state index is 13.6. The molecule has 0 aliphatic carbocycles. The van der Waals surface area contributed by atoms with Crippen molar-refractivity contribution in [2.75, 3.05) is 5.32 Å². The first-order valence-electron chi connectivity index (χ1n) is 10.8. The lowest BCUT2D eigenvalue weighted by molar-refractivity contribution is 0.194. The van der Waals surface area contributed by atoms with Crippen LogP contribution in [0.3, 0.4) is 0 Å². The molecule has 160 valence electrons. The Hall–Kier alpha value is -3.50. The Kier molecular flexibility index (Phi) is 5.46. The predicted octanol–water partition coefficient (Wildman–Crippen LogP) is 6.83. The van der Waals surface area contributed by atoms with E-state index in [1.165, 1.54) is 5.56 Å². The smallest absolute Gasteiger partial charge is 0.318 e. The van der Waals surface area contributed by atoms with E-state index in [4.69, 9.17) is 11.6 Å². The number of nitrogens with zero attached hydrogens (tertiary/aromatic N) is 2. The van der Waals surface area contributed by atoms with Gasteiger partial charge in [0.15, 0.2) is 0 Å². The van der Waals surface area contributed by atoms with E-state index in [2.05, 4.69) is 65.5 Å². The molecule has 5 heteroatoms. The highest BCUT2D eigenvalue weighted by molar-refractivity contribution is 6.30. The van der Waals surface area contributed by atoms with Crippen LogP contribution in [0, 0.1) is 0 Å². The van der Waals surface area contributed by atoms with E-state index in [1.807, 2.05) is 35.2 Å². The highest BCUT2D eigenvalue weighted by Crippen LogP contribution is 2.37. The second kappa shape index (κ2) is 8.56. The van der Waals surface area contributed by atoms with Gasteiger partial charge in [0.1, 0.15) is 0 Å².